The van der Waals surface area contributed by atoms with Gasteiger partial charge < -0.3 is 4.57 Å². The summed E-state index contributed by atoms with van der Waals surface area (Å²) in [6.45, 7) is 0.280. The average Bonchev–Trinajstić information content (AvgIpc) is 2.90. The van der Waals surface area contributed by atoms with Crippen molar-refractivity contribution >= 4 is 10.1 Å². The van der Waals surface area contributed by atoms with Gasteiger partial charge in [0, 0.05) is 25.4 Å². The number of hydrogen-bond donors (Lipinski definition) is 1. The second kappa shape index (κ2) is 8.60. The molecule has 0 aliphatic rings. The van der Waals surface area contributed by atoms with Gasteiger partial charge >= 0.3 is 34.1 Å². The first kappa shape index (κ1) is 22.6. The van der Waals surface area contributed by atoms with Crippen molar-refractivity contribution in [1.82, 2.24) is 9.55 Å². The molecule has 0 aliphatic carbocycles. The predicted molar refractivity (Wildman–Crippen MR) is 64.9 cm³/mol. The van der Waals surface area contributed by atoms with Crippen LogP contribution in [-0.2, 0) is 16.7 Å². The van der Waals surface area contributed by atoms with Gasteiger partial charge in [0.25, 0.3) is 0 Å². The molecule has 1 rings (SSSR count). The number of aryl methyl sites for hydroxylation is 1. The van der Waals surface area contributed by atoms with Crippen molar-refractivity contribution in [2.45, 2.75) is 43.4 Å². The Labute approximate surface area is 131 Å². The highest BCUT2D eigenvalue weighted by molar-refractivity contribution is 7.86. The first-order valence-corrected chi connectivity index (χ1v) is 7.40. The monoisotopic (exact) mass is 392 g/mol. The molecule has 142 valence electrons. The van der Waals surface area contributed by atoms with Crippen molar-refractivity contribution in [3.05, 3.63) is 18.7 Å². The summed E-state index contributed by atoms with van der Waals surface area (Å²) in [6.07, 6.45) is -4.23. The third kappa shape index (κ3) is 6.98. The van der Waals surface area contributed by atoms with Crippen molar-refractivity contribution in [1.29, 1.82) is 0 Å². The van der Waals surface area contributed by atoms with Crippen LogP contribution in [0.1, 0.15) is 12.8 Å². The number of nitrogens with zero attached hydrogens (tertiary/aromatic N) is 2. The Morgan fingerprint density at radius 2 is 1.62 bits per heavy atom. The van der Waals surface area contributed by atoms with Crippen LogP contribution in [0.5, 0.6) is 0 Å². The molecule has 0 spiro atoms. The summed E-state index contributed by atoms with van der Waals surface area (Å²) < 4.78 is 121. The molecule has 5 nitrogen and oxygen atoms in total. The van der Waals surface area contributed by atoms with Crippen molar-refractivity contribution in [2.75, 3.05) is 0 Å². The molecule has 0 bridgehead atoms. The lowest BCUT2D eigenvalue weighted by atomic mass is 10.2. The maximum absolute atomic E-state index is 12.4. The molecule has 1 aromatic heterocycles. The van der Waals surface area contributed by atoms with Crippen LogP contribution in [0.4, 0.5) is 35.1 Å². The Morgan fingerprint density at radius 1 is 1.08 bits per heavy atom. The van der Waals surface area contributed by atoms with E-state index in [0.29, 0.717) is 0 Å². The number of halogens is 8. The summed E-state index contributed by atoms with van der Waals surface area (Å²) in [5.41, 5.74) is 0. The van der Waals surface area contributed by atoms with Crippen molar-refractivity contribution in [3.63, 3.8) is 0 Å². The van der Waals surface area contributed by atoms with Gasteiger partial charge in [-0.3, -0.25) is 4.55 Å². The fourth-order valence-corrected chi connectivity index (χ4v) is 1.36. The molecule has 0 unspecified atom stereocenters. The molecule has 1 N–H and O–H groups in total. The molecule has 14 heteroatoms. The lowest BCUT2D eigenvalue weighted by molar-refractivity contribution is -0.134. The zero-order valence-electron chi connectivity index (χ0n) is 11.6. The van der Waals surface area contributed by atoms with Crippen LogP contribution in [0, 0.1) is 0 Å². The summed E-state index contributed by atoms with van der Waals surface area (Å²) in [4.78, 5) is 3.70. The van der Waals surface area contributed by atoms with Gasteiger partial charge in [-0.1, -0.05) is 0 Å². The molecule has 0 atom stereocenters. The highest BCUT2D eigenvalue weighted by atomic mass is 32.2. The average molecular weight is 392 g/mol. The summed E-state index contributed by atoms with van der Waals surface area (Å²) in [5.74, 6) is -3.87. The van der Waals surface area contributed by atoms with E-state index >= 15 is 0 Å². The molecule has 0 saturated heterocycles. The van der Waals surface area contributed by atoms with Gasteiger partial charge in [0.15, 0.2) is 0 Å². The minimum Gasteiger partial charge on any atom is -0.337 e. The Morgan fingerprint density at radius 3 is 1.92 bits per heavy atom. The van der Waals surface area contributed by atoms with E-state index in [1.807, 2.05) is 0 Å². The highest BCUT2D eigenvalue weighted by Gasteiger charge is 2.53. The van der Waals surface area contributed by atoms with Crippen molar-refractivity contribution in [3.8, 4) is 0 Å². The predicted octanol–water partition coefficient (Wildman–Crippen LogP) is 3.30. The topological polar surface area (TPSA) is 72.2 Å². The number of imidazole rings is 1. The molecule has 1 heterocycles. The second-order valence-electron chi connectivity index (χ2n) is 4.30. The SMILES string of the molecule is FC(F)C(F)(F)CCCn1ccnc1.O=S(=O)(O)C(F)(F)C(F)F. The van der Waals surface area contributed by atoms with E-state index in [4.69, 9.17) is 4.55 Å². The van der Waals surface area contributed by atoms with Crippen LogP contribution >= 0.6 is 0 Å². The highest BCUT2D eigenvalue weighted by Crippen LogP contribution is 2.28. The molecule has 0 radical (unpaired) electrons. The summed E-state index contributed by atoms with van der Waals surface area (Å²) >= 11 is 0. The zero-order chi connectivity index (χ0) is 19.2. The second-order valence-corrected chi connectivity index (χ2v) is 5.80. The van der Waals surface area contributed by atoms with Crippen LogP contribution in [0.15, 0.2) is 18.7 Å². The smallest absolute Gasteiger partial charge is 0.337 e. The van der Waals surface area contributed by atoms with Crippen LogP contribution in [0.2, 0.25) is 0 Å². The quantitative estimate of drug-likeness (QED) is 0.571. The van der Waals surface area contributed by atoms with Crippen molar-refractivity contribution in [2.24, 2.45) is 0 Å². The van der Waals surface area contributed by atoms with E-state index in [1.165, 1.54) is 12.5 Å². The molecule has 24 heavy (non-hydrogen) atoms. The standard InChI is InChI=1S/C8H10F4N2.C2H2F4O3S/c9-7(10)8(11,12)2-1-4-14-5-3-13-6-14;3-1(4)2(5,6)10(7,8)9/h3,5-7H,1-2,4H2;1H,(H,7,8,9). The third-order valence-corrected chi connectivity index (χ3v) is 3.27. The molecule has 0 aliphatic heterocycles. The molecule has 1 aromatic rings. The molecule has 0 fully saturated rings. The molecular formula is C10H12F8N2O3S. The largest absolute Gasteiger partial charge is 0.428 e. The van der Waals surface area contributed by atoms with E-state index < -0.39 is 40.6 Å². The Hall–Kier alpha value is -1.44. The Kier molecular flexibility index (Phi) is 8.08. The van der Waals surface area contributed by atoms with E-state index in [0.717, 1.165) is 0 Å². The van der Waals surface area contributed by atoms with Gasteiger partial charge in [-0.2, -0.15) is 17.2 Å². The van der Waals surface area contributed by atoms with Crippen molar-refractivity contribution < 1.29 is 48.1 Å². The van der Waals surface area contributed by atoms with Gasteiger partial charge in [-0.25, -0.2) is 31.3 Å². The summed E-state index contributed by atoms with van der Waals surface area (Å²) in [5, 5.41) is -5.37. The number of aromatic nitrogens is 2. The lowest BCUT2D eigenvalue weighted by Gasteiger charge is -2.14. The van der Waals surface area contributed by atoms with Gasteiger partial charge in [-0.15, -0.1) is 0 Å². The number of hydrogen-bond acceptors (Lipinski definition) is 3. The van der Waals surface area contributed by atoms with Crippen LogP contribution in [-0.4, -0.2) is 46.5 Å². The first-order chi connectivity index (χ1) is 10.7. The van der Waals surface area contributed by atoms with E-state index in [2.05, 4.69) is 4.98 Å². The number of rotatable bonds is 7. The molecule has 0 amide bonds. The van der Waals surface area contributed by atoms with Gasteiger partial charge in [-0.05, 0) is 6.42 Å². The summed E-state index contributed by atoms with van der Waals surface area (Å²) in [6, 6.07) is 0. The Bertz CT molecular complexity index is 577. The van der Waals surface area contributed by atoms with Gasteiger partial charge in [0.05, 0.1) is 6.33 Å². The normalized spacial score (nSPS) is 13.1. The van der Waals surface area contributed by atoms with Crippen LogP contribution < -0.4 is 0 Å². The van der Waals surface area contributed by atoms with Crippen LogP contribution in [0.25, 0.3) is 0 Å². The molecule has 0 aromatic carbocycles. The van der Waals surface area contributed by atoms with E-state index in [-0.39, 0.29) is 13.0 Å². The molecular weight excluding hydrogens is 380 g/mol. The first-order valence-electron chi connectivity index (χ1n) is 5.96. The summed E-state index contributed by atoms with van der Waals surface area (Å²) in [7, 11) is -5.98. The van der Waals surface area contributed by atoms with E-state index in [9.17, 15) is 43.5 Å². The fraction of sp³-hybridized carbons (Fsp3) is 0.700. The fourth-order valence-electron chi connectivity index (χ4n) is 1.14. The van der Waals surface area contributed by atoms with E-state index in [1.54, 1.807) is 10.8 Å². The zero-order valence-corrected chi connectivity index (χ0v) is 12.4. The maximum atomic E-state index is 12.4. The number of alkyl halides is 8. The van der Waals surface area contributed by atoms with Gasteiger partial charge in [0.2, 0.25) is 0 Å². The minimum atomic E-state index is -5.98. The molecule has 0 saturated carbocycles. The lowest BCUT2D eigenvalue weighted by Crippen LogP contribution is -2.35. The third-order valence-electron chi connectivity index (χ3n) is 2.40. The van der Waals surface area contributed by atoms with Gasteiger partial charge in [0.1, 0.15) is 0 Å². The maximum Gasteiger partial charge on any atom is 0.428 e. The Balaban J connectivity index is 0.000000470. The van der Waals surface area contributed by atoms with Crippen LogP contribution in [0.3, 0.4) is 0 Å². The minimum absolute atomic E-state index is 0.00764.